The summed E-state index contributed by atoms with van der Waals surface area (Å²) in [6, 6.07) is 22.1. The van der Waals surface area contributed by atoms with Gasteiger partial charge in [0.05, 0.1) is 8.07 Å². The Morgan fingerprint density at radius 3 is 1.50 bits per heavy atom. The summed E-state index contributed by atoms with van der Waals surface area (Å²) in [4.78, 5) is 0. The fourth-order valence-corrected chi connectivity index (χ4v) is 21.2. The van der Waals surface area contributed by atoms with Crippen molar-refractivity contribution in [3.05, 3.63) is 89.5 Å². The molecule has 0 aromatic heterocycles. The molecule has 0 amide bonds. The lowest BCUT2D eigenvalue weighted by Crippen LogP contribution is -2.65. The van der Waals surface area contributed by atoms with Gasteiger partial charge in [-0.25, -0.2) is 8.78 Å². The minimum absolute atomic E-state index is 0.228. The van der Waals surface area contributed by atoms with E-state index in [0.29, 0.717) is 0 Å². The second-order valence-electron chi connectivity index (χ2n) is 7.80. The lowest BCUT2D eigenvalue weighted by atomic mass is 10.3. The molecule has 3 rings (SSSR count). The topological polar surface area (TPSA) is 0 Å². The van der Waals surface area contributed by atoms with Crippen LogP contribution in [0, 0.1) is 11.6 Å². The molecular weight excluding hydrogens is 521 g/mol. The zero-order valence-electron chi connectivity index (χ0n) is 15.9. The van der Waals surface area contributed by atoms with Crippen molar-refractivity contribution in [3.63, 3.8) is 0 Å². The Bertz CT molecular complexity index is 881. The van der Waals surface area contributed by atoms with Gasteiger partial charge in [-0.15, -0.1) is 0 Å². The highest BCUT2D eigenvalue weighted by atomic mass is 127. The molecule has 0 aliphatic heterocycles. The normalized spacial score (nSPS) is 12.2. The third kappa shape index (κ3) is 4.58. The third-order valence-electron chi connectivity index (χ3n) is 5.39. The standard InChI is InChI=1S/C22H22ClF2ISi2/c1-27(2,20-9-3-17(23)4-10-20)16-28(15-26,21-11-5-18(24)6-12-21)22-13-7-19(25)8-14-22/h3-14H,15-16H2,1-2H3. The molecule has 0 aliphatic rings. The van der Waals surface area contributed by atoms with Gasteiger partial charge in [0.1, 0.15) is 19.7 Å². The van der Waals surface area contributed by atoms with E-state index in [4.69, 9.17) is 11.6 Å². The largest absolute Gasteiger partial charge is 0.207 e. The molecule has 0 heterocycles. The molecule has 0 N–H and O–H groups in total. The molecule has 3 aromatic rings. The molecule has 0 radical (unpaired) electrons. The van der Waals surface area contributed by atoms with Crippen molar-refractivity contribution < 1.29 is 8.78 Å². The van der Waals surface area contributed by atoms with E-state index >= 15 is 0 Å². The predicted octanol–water partition coefficient (Wildman–Crippen LogP) is 5.31. The maximum atomic E-state index is 13.6. The maximum absolute atomic E-state index is 13.6. The van der Waals surface area contributed by atoms with Crippen LogP contribution in [0.2, 0.25) is 23.8 Å². The SMILES string of the molecule is C[Si](C)(C[Si](CI)(c1ccc(F)cc1)c1ccc(F)cc1)c1ccc(Cl)cc1. The number of hydrogen-bond acceptors (Lipinski definition) is 0. The van der Waals surface area contributed by atoms with Crippen LogP contribution in [0.4, 0.5) is 8.78 Å². The van der Waals surface area contributed by atoms with Crippen molar-refractivity contribution in [2.24, 2.45) is 0 Å². The van der Waals surface area contributed by atoms with E-state index in [1.807, 2.05) is 36.4 Å². The van der Waals surface area contributed by atoms with E-state index in [-0.39, 0.29) is 11.6 Å². The Hall–Kier alpha value is -1.03. The van der Waals surface area contributed by atoms with Crippen LogP contribution < -0.4 is 15.6 Å². The Balaban J connectivity index is 2.13. The van der Waals surface area contributed by atoms with Crippen LogP contribution in [-0.4, -0.2) is 20.2 Å². The van der Waals surface area contributed by atoms with E-state index in [1.165, 1.54) is 15.6 Å². The van der Waals surface area contributed by atoms with E-state index in [2.05, 4.69) is 47.8 Å². The first kappa shape index (κ1) is 21.7. The van der Waals surface area contributed by atoms with Crippen LogP contribution in [0.25, 0.3) is 0 Å². The summed E-state index contributed by atoms with van der Waals surface area (Å²) in [7, 11) is -4.06. The van der Waals surface area contributed by atoms with Crippen LogP contribution in [-0.2, 0) is 0 Å². The van der Waals surface area contributed by atoms with Crippen molar-refractivity contribution in [3.8, 4) is 0 Å². The third-order valence-corrected chi connectivity index (χ3v) is 20.7. The Kier molecular flexibility index (Phi) is 6.79. The quantitative estimate of drug-likeness (QED) is 0.225. The molecule has 6 heteroatoms. The zero-order chi connectivity index (χ0) is 20.4. The van der Waals surface area contributed by atoms with Gasteiger partial charge >= 0.3 is 0 Å². The van der Waals surface area contributed by atoms with Crippen molar-refractivity contribution >= 4 is 65.9 Å². The molecule has 3 aromatic carbocycles. The molecule has 0 saturated carbocycles. The number of halogens is 4. The summed E-state index contributed by atoms with van der Waals surface area (Å²) < 4.78 is 28.2. The van der Waals surface area contributed by atoms with E-state index in [9.17, 15) is 8.78 Å². The summed E-state index contributed by atoms with van der Waals surface area (Å²) in [6.45, 7) is 4.74. The average molecular weight is 543 g/mol. The number of benzene rings is 3. The summed E-state index contributed by atoms with van der Waals surface area (Å²) in [5.74, 6) is -0.457. The summed E-state index contributed by atoms with van der Waals surface area (Å²) >= 11 is 8.56. The van der Waals surface area contributed by atoms with Gasteiger partial charge in [-0.3, -0.25) is 0 Å². The molecule has 0 saturated heterocycles. The molecule has 146 valence electrons. The van der Waals surface area contributed by atoms with E-state index < -0.39 is 16.1 Å². The highest BCUT2D eigenvalue weighted by molar-refractivity contribution is 14.1. The Labute approximate surface area is 186 Å². The van der Waals surface area contributed by atoms with Gasteiger partial charge in [0, 0.05) is 9.07 Å². The summed E-state index contributed by atoms with van der Waals surface area (Å²) in [5, 5.41) is 4.49. The first-order chi connectivity index (χ1) is 13.3. The van der Waals surface area contributed by atoms with Gasteiger partial charge < -0.3 is 0 Å². The van der Waals surface area contributed by atoms with Crippen molar-refractivity contribution in [1.29, 1.82) is 0 Å². The first-order valence-corrected chi connectivity index (χ1v) is 16.6. The molecule has 0 nitrogen and oxygen atoms in total. The highest BCUT2D eigenvalue weighted by Gasteiger charge is 2.42. The van der Waals surface area contributed by atoms with Crippen LogP contribution in [0.1, 0.15) is 0 Å². The van der Waals surface area contributed by atoms with Crippen LogP contribution in [0.5, 0.6) is 0 Å². The number of hydrogen-bond donors (Lipinski definition) is 0. The average Bonchev–Trinajstić information content (AvgIpc) is 2.68. The van der Waals surface area contributed by atoms with Gasteiger partial charge in [0.2, 0.25) is 0 Å². The van der Waals surface area contributed by atoms with Crippen molar-refractivity contribution in [2.75, 3.05) is 4.05 Å². The Morgan fingerprint density at radius 1 is 0.714 bits per heavy atom. The maximum Gasteiger partial charge on any atom is 0.125 e. The van der Waals surface area contributed by atoms with Gasteiger partial charge in [0.25, 0.3) is 0 Å². The molecule has 0 aliphatic carbocycles. The second kappa shape index (κ2) is 8.77. The number of rotatable bonds is 6. The first-order valence-electron chi connectivity index (χ1n) is 9.11. The smallest absolute Gasteiger partial charge is 0.125 e. The minimum atomic E-state index is -2.22. The second-order valence-corrected chi connectivity index (χ2v) is 19.9. The van der Waals surface area contributed by atoms with Crippen LogP contribution in [0.15, 0.2) is 72.8 Å². The van der Waals surface area contributed by atoms with Gasteiger partial charge in [-0.05, 0) is 42.1 Å². The molecule has 0 spiro atoms. The fourth-order valence-electron chi connectivity index (χ4n) is 3.87. The van der Waals surface area contributed by atoms with Crippen LogP contribution in [0.3, 0.4) is 0 Å². The van der Waals surface area contributed by atoms with E-state index in [0.717, 1.165) is 14.7 Å². The highest BCUT2D eigenvalue weighted by Crippen LogP contribution is 2.24. The molecule has 0 atom stereocenters. The monoisotopic (exact) mass is 542 g/mol. The molecule has 28 heavy (non-hydrogen) atoms. The van der Waals surface area contributed by atoms with Gasteiger partial charge in [-0.2, -0.15) is 0 Å². The van der Waals surface area contributed by atoms with Crippen LogP contribution >= 0.6 is 34.2 Å². The van der Waals surface area contributed by atoms with Gasteiger partial charge in [0.15, 0.2) is 0 Å². The number of alkyl halides is 1. The van der Waals surface area contributed by atoms with Crippen molar-refractivity contribution in [1.82, 2.24) is 0 Å². The molecule has 0 unspecified atom stereocenters. The fraction of sp³-hybridized carbons (Fsp3) is 0.182. The summed E-state index contributed by atoms with van der Waals surface area (Å²) in [5.41, 5.74) is 1.06. The van der Waals surface area contributed by atoms with Crippen molar-refractivity contribution in [2.45, 2.75) is 18.8 Å². The predicted molar refractivity (Wildman–Crippen MR) is 130 cm³/mol. The molecule has 0 fully saturated rings. The lowest BCUT2D eigenvalue weighted by molar-refractivity contribution is 0.628. The van der Waals surface area contributed by atoms with E-state index in [1.54, 1.807) is 24.3 Å². The Morgan fingerprint density at radius 2 is 1.11 bits per heavy atom. The summed E-state index contributed by atoms with van der Waals surface area (Å²) in [6.07, 6.45) is 0. The minimum Gasteiger partial charge on any atom is -0.207 e. The lowest BCUT2D eigenvalue weighted by Gasteiger charge is -2.38. The zero-order valence-corrected chi connectivity index (χ0v) is 20.8. The molecule has 0 bridgehead atoms. The van der Waals surface area contributed by atoms with Gasteiger partial charge in [-0.1, -0.05) is 99.2 Å². The molecular formula is C22H22ClF2ISi2.